The Morgan fingerprint density at radius 2 is 2.16 bits per heavy atom. The number of ether oxygens (including phenoxy) is 2. The van der Waals surface area contributed by atoms with Crippen LogP contribution < -0.4 is 0 Å². The van der Waals surface area contributed by atoms with E-state index in [1.807, 2.05) is 24.4 Å². The highest BCUT2D eigenvalue weighted by atomic mass is 16.5. The van der Waals surface area contributed by atoms with Crippen molar-refractivity contribution >= 4 is 28.7 Å². The van der Waals surface area contributed by atoms with E-state index in [4.69, 9.17) is 14.5 Å². The summed E-state index contributed by atoms with van der Waals surface area (Å²) in [7, 11) is 1.82. The molecule has 2 aromatic rings. The minimum absolute atomic E-state index is 0.0422. The topological polar surface area (TPSA) is 79.8 Å². The molecular formula is C25H32N4O3. The van der Waals surface area contributed by atoms with Crippen molar-refractivity contribution < 1.29 is 14.3 Å². The molecule has 4 heterocycles. The third kappa shape index (κ3) is 3.77. The van der Waals surface area contributed by atoms with Gasteiger partial charge in [-0.2, -0.15) is 0 Å². The number of amides is 1. The van der Waals surface area contributed by atoms with Crippen LogP contribution in [0.15, 0.2) is 29.7 Å². The fraction of sp³-hybridized carbons (Fsp3) is 0.560. The molecule has 3 aliphatic rings. The first kappa shape index (κ1) is 21.3. The number of carbonyl (C=O) groups is 1. The summed E-state index contributed by atoms with van der Waals surface area (Å²) in [5.41, 5.74) is 4.21. The molecule has 2 fully saturated rings. The Balaban J connectivity index is 1.43. The van der Waals surface area contributed by atoms with Crippen molar-refractivity contribution in [2.45, 2.75) is 50.5 Å². The summed E-state index contributed by atoms with van der Waals surface area (Å²) in [6.45, 7) is 4.84. The van der Waals surface area contributed by atoms with Gasteiger partial charge in [0, 0.05) is 55.8 Å². The molecule has 1 amide bonds. The summed E-state index contributed by atoms with van der Waals surface area (Å²) >= 11 is 0. The van der Waals surface area contributed by atoms with Crippen LogP contribution in [0.1, 0.15) is 50.2 Å². The van der Waals surface area contributed by atoms with E-state index in [0.29, 0.717) is 32.7 Å². The van der Waals surface area contributed by atoms with Gasteiger partial charge in [0.15, 0.2) is 0 Å². The number of allylic oxidation sites excluding steroid dienone is 1. The number of pyridine rings is 1. The number of H-pyrrole nitrogens is 1. The Hall–Kier alpha value is -2.51. The average Bonchev–Trinajstić information content (AvgIpc) is 3.28. The van der Waals surface area contributed by atoms with Crippen molar-refractivity contribution in [1.82, 2.24) is 14.9 Å². The van der Waals surface area contributed by atoms with Crippen molar-refractivity contribution in [3.63, 3.8) is 0 Å². The number of aliphatic imine (C=N–C) groups is 1. The number of hydrogen-bond donors (Lipinski definition) is 1. The van der Waals surface area contributed by atoms with E-state index in [0.717, 1.165) is 35.0 Å². The first-order valence-corrected chi connectivity index (χ1v) is 11.7. The first-order chi connectivity index (χ1) is 15.6. The van der Waals surface area contributed by atoms with Crippen molar-refractivity contribution in [2.24, 2.45) is 10.9 Å². The van der Waals surface area contributed by atoms with E-state index in [1.165, 1.54) is 18.4 Å². The molecule has 3 atom stereocenters. The maximum Gasteiger partial charge on any atom is 0.231 e. The Labute approximate surface area is 188 Å². The van der Waals surface area contributed by atoms with Gasteiger partial charge in [-0.1, -0.05) is 19.8 Å². The summed E-state index contributed by atoms with van der Waals surface area (Å²) in [4.78, 5) is 27.4. The second kappa shape index (κ2) is 8.79. The summed E-state index contributed by atoms with van der Waals surface area (Å²) in [5, 5.41) is 1.14. The van der Waals surface area contributed by atoms with E-state index in [2.05, 4.69) is 29.2 Å². The number of carbonyl (C=O) groups excluding carboxylic acids is 1. The number of aromatic nitrogens is 2. The zero-order chi connectivity index (χ0) is 22.1. The van der Waals surface area contributed by atoms with Crippen LogP contribution in [-0.4, -0.2) is 66.5 Å². The Bertz CT molecular complexity index is 1050. The lowest BCUT2D eigenvalue weighted by molar-refractivity contribution is -0.137. The number of nitrogens with zero attached hydrogens (tertiary/aromatic N) is 3. The van der Waals surface area contributed by atoms with Crippen LogP contribution >= 0.6 is 0 Å². The van der Waals surface area contributed by atoms with Crippen LogP contribution in [-0.2, 0) is 19.7 Å². The van der Waals surface area contributed by atoms with E-state index < -0.39 is 0 Å². The summed E-state index contributed by atoms with van der Waals surface area (Å²) in [6.07, 6.45) is 13.1. The molecule has 2 aliphatic heterocycles. The third-order valence-electron chi connectivity index (χ3n) is 7.50. The van der Waals surface area contributed by atoms with E-state index in [-0.39, 0.29) is 23.3 Å². The van der Waals surface area contributed by atoms with Gasteiger partial charge in [0.2, 0.25) is 5.91 Å². The highest BCUT2D eigenvalue weighted by molar-refractivity contribution is 5.97. The fourth-order valence-corrected chi connectivity index (χ4v) is 5.58. The van der Waals surface area contributed by atoms with Crippen LogP contribution in [0.3, 0.4) is 0 Å². The molecule has 5 rings (SSSR count). The maximum atomic E-state index is 13.0. The minimum atomic E-state index is -0.233. The van der Waals surface area contributed by atoms with Gasteiger partial charge < -0.3 is 19.4 Å². The maximum absolute atomic E-state index is 13.0. The van der Waals surface area contributed by atoms with Gasteiger partial charge in [-0.25, -0.2) is 4.98 Å². The molecule has 170 valence electrons. The highest BCUT2D eigenvalue weighted by Crippen LogP contribution is 2.43. The first-order valence-electron chi connectivity index (χ1n) is 11.7. The molecule has 1 saturated heterocycles. The van der Waals surface area contributed by atoms with Crippen LogP contribution in [0, 0.1) is 5.92 Å². The summed E-state index contributed by atoms with van der Waals surface area (Å²) in [5.74, 6) is -0.0973. The molecule has 0 spiro atoms. The van der Waals surface area contributed by atoms with Crippen LogP contribution in [0.5, 0.6) is 0 Å². The highest BCUT2D eigenvalue weighted by Gasteiger charge is 2.40. The molecule has 3 unspecified atom stereocenters. The summed E-state index contributed by atoms with van der Waals surface area (Å²) in [6, 6.07) is 2.21. The van der Waals surface area contributed by atoms with Gasteiger partial charge in [-0.15, -0.1) is 0 Å². The number of morpholine rings is 1. The number of rotatable bonds is 4. The Morgan fingerprint density at radius 3 is 2.97 bits per heavy atom. The van der Waals surface area contributed by atoms with E-state index in [1.54, 1.807) is 6.21 Å². The van der Waals surface area contributed by atoms with Gasteiger partial charge in [-0.05, 0) is 42.0 Å². The summed E-state index contributed by atoms with van der Waals surface area (Å²) < 4.78 is 11.3. The smallest absolute Gasteiger partial charge is 0.231 e. The number of aromatic amines is 1. The molecule has 1 N–H and O–H groups in total. The molecule has 0 radical (unpaired) electrons. The van der Waals surface area contributed by atoms with Gasteiger partial charge in [0.05, 0.1) is 25.2 Å². The molecule has 2 aromatic heterocycles. The zero-order valence-corrected chi connectivity index (χ0v) is 19.0. The van der Waals surface area contributed by atoms with Gasteiger partial charge in [0.25, 0.3) is 0 Å². The van der Waals surface area contributed by atoms with Gasteiger partial charge >= 0.3 is 0 Å². The number of hydrogen-bond acceptors (Lipinski definition) is 5. The second-order valence-corrected chi connectivity index (χ2v) is 9.41. The quantitative estimate of drug-likeness (QED) is 0.793. The fourth-order valence-electron chi connectivity index (χ4n) is 5.58. The molecule has 0 bridgehead atoms. The third-order valence-corrected chi connectivity index (χ3v) is 7.50. The average molecular weight is 437 g/mol. The molecule has 7 heteroatoms. The van der Waals surface area contributed by atoms with Crippen molar-refractivity contribution in [3.8, 4) is 0 Å². The molecule has 1 saturated carbocycles. The van der Waals surface area contributed by atoms with Crippen LogP contribution in [0.4, 0.5) is 0 Å². The lowest BCUT2D eigenvalue weighted by Gasteiger charge is -2.40. The Morgan fingerprint density at radius 1 is 1.31 bits per heavy atom. The zero-order valence-electron chi connectivity index (χ0n) is 19.0. The van der Waals surface area contributed by atoms with Crippen molar-refractivity contribution in [3.05, 3.63) is 35.8 Å². The lowest BCUT2D eigenvalue weighted by Crippen LogP contribution is -2.44. The second-order valence-electron chi connectivity index (χ2n) is 9.41. The van der Waals surface area contributed by atoms with E-state index >= 15 is 0 Å². The molecule has 32 heavy (non-hydrogen) atoms. The molecular weight excluding hydrogens is 404 g/mol. The monoisotopic (exact) mass is 436 g/mol. The van der Waals surface area contributed by atoms with E-state index in [9.17, 15) is 4.79 Å². The van der Waals surface area contributed by atoms with Crippen LogP contribution in [0.2, 0.25) is 0 Å². The molecule has 1 aliphatic carbocycles. The standard InChI is InChI=1S/C25H32N4O3/c1-25(6-4-3-5-22(25)31-2)21-16-28-23-20(21)12-18(15-27-23)17-11-19(14-26-13-17)24(30)29-7-9-32-10-8-29/h12-16,19,22H,3-11H2,1-2H3,(H,27,28). The molecule has 7 nitrogen and oxygen atoms in total. The Kier molecular flexibility index (Phi) is 5.86. The van der Waals surface area contributed by atoms with Gasteiger partial charge in [0.1, 0.15) is 5.65 Å². The van der Waals surface area contributed by atoms with Gasteiger partial charge in [-0.3, -0.25) is 9.79 Å². The lowest BCUT2D eigenvalue weighted by atomic mass is 9.69. The predicted molar refractivity (Wildman–Crippen MR) is 125 cm³/mol. The SMILES string of the molecule is COC1CCCCC1(C)c1c[nH]c2ncc(C3=CN=CC(C(=O)N4CCOCC4)C3)cc12. The molecule has 0 aromatic carbocycles. The largest absolute Gasteiger partial charge is 0.381 e. The predicted octanol–water partition coefficient (Wildman–Crippen LogP) is 3.70. The number of methoxy groups -OCH3 is 1. The van der Waals surface area contributed by atoms with Crippen LogP contribution in [0.25, 0.3) is 16.6 Å². The number of nitrogens with one attached hydrogen (secondary N) is 1. The number of fused-ring (bicyclic) bond motifs is 1. The van der Waals surface area contributed by atoms with Crippen molar-refractivity contribution in [1.29, 1.82) is 0 Å². The minimum Gasteiger partial charge on any atom is -0.381 e. The normalized spacial score (nSPS) is 28.7. The van der Waals surface area contributed by atoms with Crippen molar-refractivity contribution in [2.75, 3.05) is 33.4 Å².